The number of carbonyl (C=O) groups excluding carboxylic acids is 1. The highest BCUT2D eigenvalue weighted by Gasteiger charge is 2.16. The van der Waals surface area contributed by atoms with Crippen molar-refractivity contribution >= 4 is 40.1 Å². The SMILES string of the molecule is O=C(CCn1c(Cc2c(Cl)cccc2Cl)nc2ccccc21)NCCN1CCOCC1. The van der Waals surface area contributed by atoms with Crippen LogP contribution in [0, 0.1) is 0 Å². The number of benzene rings is 2. The largest absolute Gasteiger partial charge is 0.379 e. The van der Waals surface area contributed by atoms with Crippen LogP contribution in [0.3, 0.4) is 0 Å². The van der Waals surface area contributed by atoms with Crippen molar-refractivity contribution in [1.82, 2.24) is 19.8 Å². The van der Waals surface area contributed by atoms with E-state index in [1.807, 2.05) is 42.5 Å². The summed E-state index contributed by atoms with van der Waals surface area (Å²) in [6.45, 7) is 5.40. The van der Waals surface area contributed by atoms with Crippen LogP contribution < -0.4 is 5.32 Å². The number of nitrogens with zero attached hydrogens (tertiary/aromatic N) is 3. The second-order valence-electron chi connectivity index (χ2n) is 7.60. The highest BCUT2D eigenvalue weighted by molar-refractivity contribution is 6.36. The molecule has 0 saturated carbocycles. The molecule has 0 radical (unpaired) electrons. The Labute approximate surface area is 192 Å². The number of fused-ring (bicyclic) bond motifs is 1. The van der Waals surface area contributed by atoms with Crippen molar-refractivity contribution in [3.8, 4) is 0 Å². The topological polar surface area (TPSA) is 59.4 Å². The number of imidazole rings is 1. The van der Waals surface area contributed by atoms with Gasteiger partial charge in [-0.3, -0.25) is 9.69 Å². The molecule has 1 N–H and O–H groups in total. The summed E-state index contributed by atoms with van der Waals surface area (Å²) in [5.41, 5.74) is 2.74. The van der Waals surface area contributed by atoms with E-state index in [4.69, 9.17) is 32.9 Å². The third-order valence-electron chi connectivity index (χ3n) is 5.55. The van der Waals surface area contributed by atoms with Gasteiger partial charge in [-0.15, -0.1) is 0 Å². The fourth-order valence-corrected chi connectivity index (χ4v) is 4.38. The Bertz CT molecular complexity index is 1030. The second kappa shape index (κ2) is 10.5. The summed E-state index contributed by atoms with van der Waals surface area (Å²) in [7, 11) is 0. The Kier molecular flexibility index (Phi) is 7.45. The minimum absolute atomic E-state index is 0.0350. The number of hydrogen-bond acceptors (Lipinski definition) is 4. The van der Waals surface area contributed by atoms with Crippen LogP contribution in [0.1, 0.15) is 17.8 Å². The predicted octanol–water partition coefficient (Wildman–Crippen LogP) is 3.77. The smallest absolute Gasteiger partial charge is 0.221 e. The van der Waals surface area contributed by atoms with Crippen molar-refractivity contribution in [3.63, 3.8) is 0 Å². The van der Waals surface area contributed by atoms with Gasteiger partial charge in [0.25, 0.3) is 0 Å². The van der Waals surface area contributed by atoms with Gasteiger partial charge in [0, 0.05) is 55.6 Å². The van der Waals surface area contributed by atoms with Gasteiger partial charge in [-0.1, -0.05) is 41.4 Å². The van der Waals surface area contributed by atoms with Crippen LogP contribution in [0.5, 0.6) is 0 Å². The van der Waals surface area contributed by atoms with Crippen molar-refractivity contribution < 1.29 is 9.53 Å². The van der Waals surface area contributed by atoms with Gasteiger partial charge in [0.15, 0.2) is 0 Å². The molecule has 3 aromatic rings. The minimum atomic E-state index is 0.0350. The van der Waals surface area contributed by atoms with E-state index < -0.39 is 0 Å². The summed E-state index contributed by atoms with van der Waals surface area (Å²) in [4.78, 5) is 19.6. The molecule has 164 valence electrons. The lowest BCUT2D eigenvalue weighted by Crippen LogP contribution is -2.41. The lowest BCUT2D eigenvalue weighted by atomic mass is 10.1. The molecule has 1 aliphatic heterocycles. The van der Waals surface area contributed by atoms with Gasteiger partial charge in [-0.25, -0.2) is 4.98 Å². The maximum Gasteiger partial charge on any atom is 0.221 e. The first-order valence-electron chi connectivity index (χ1n) is 10.6. The fourth-order valence-electron chi connectivity index (χ4n) is 3.85. The van der Waals surface area contributed by atoms with E-state index in [1.165, 1.54) is 0 Å². The van der Waals surface area contributed by atoms with Crippen LogP contribution in [-0.4, -0.2) is 59.8 Å². The zero-order chi connectivity index (χ0) is 21.6. The van der Waals surface area contributed by atoms with Crippen LogP contribution in [0.2, 0.25) is 10.0 Å². The van der Waals surface area contributed by atoms with Gasteiger partial charge >= 0.3 is 0 Å². The Morgan fingerprint density at radius 2 is 1.77 bits per heavy atom. The normalized spacial score (nSPS) is 14.8. The van der Waals surface area contributed by atoms with E-state index in [1.54, 1.807) is 0 Å². The Morgan fingerprint density at radius 1 is 1.03 bits per heavy atom. The number of hydrogen-bond donors (Lipinski definition) is 1. The van der Waals surface area contributed by atoms with E-state index in [-0.39, 0.29) is 5.91 Å². The number of aromatic nitrogens is 2. The lowest BCUT2D eigenvalue weighted by Gasteiger charge is -2.26. The molecule has 6 nitrogen and oxygen atoms in total. The highest BCUT2D eigenvalue weighted by Crippen LogP contribution is 2.28. The van der Waals surface area contributed by atoms with Gasteiger partial charge in [0.05, 0.1) is 24.2 Å². The van der Waals surface area contributed by atoms with Crippen molar-refractivity contribution in [1.29, 1.82) is 0 Å². The summed E-state index contributed by atoms with van der Waals surface area (Å²) >= 11 is 12.8. The molecule has 1 aliphatic rings. The van der Waals surface area contributed by atoms with Gasteiger partial charge in [0.1, 0.15) is 5.82 Å². The number of rotatable bonds is 8. The molecule has 0 unspecified atom stereocenters. The summed E-state index contributed by atoms with van der Waals surface area (Å²) in [6.07, 6.45) is 0.887. The third-order valence-corrected chi connectivity index (χ3v) is 6.25. The second-order valence-corrected chi connectivity index (χ2v) is 8.41. The highest BCUT2D eigenvalue weighted by atomic mass is 35.5. The molecule has 1 aromatic heterocycles. The maximum atomic E-state index is 12.5. The molecule has 0 bridgehead atoms. The van der Waals surface area contributed by atoms with Crippen LogP contribution in [0.4, 0.5) is 0 Å². The molecule has 1 amide bonds. The number of nitrogens with one attached hydrogen (secondary N) is 1. The van der Waals surface area contributed by atoms with Crippen LogP contribution in [-0.2, 0) is 22.5 Å². The summed E-state index contributed by atoms with van der Waals surface area (Å²) in [5.74, 6) is 0.880. The molecule has 2 heterocycles. The van der Waals surface area contributed by atoms with E-state index in [9.17, 15) is 4.79 Å². The molecule has 0 atom stereocenters. The zero-order valence-corrected chi connectivity index (χ0v) is 18.8. The van der Waals surface area contributed by atoms with E-state index in [2.05, 4.69) is 14.8 Å². The Morgan fingerprint density at radius 3 is 2.55 bits per heavy atom. The van der Waals surface area contributed by atoms with Crippen molar-refractivity contribution in [2.75, 3.05) is 39.4 Å². The molecule has 31 heavy (non-hydrogen) atoms. The number of aryl methyl sites for hydroxylation is 1. The van der Waals surface area contributed by atoms with Gasteiger partial charge in [-0.2, -0.15) is 0 Å². The molecule has 2 aromatic carbocycles. The van der Waals surface area contributed by atoms with Gasteiger partial charge in [-0.05, 0) is 29.8 Å². The Balaban J connectivity index is 1.42. The molecule has 4 rings (SSSR count). The summed E-state index contributed by atoms with van der Waals surface area (Å²) in [6, 6.07) is 13.4. The first-order valence-corrected chi connectivity index (χ1v) is 11.3. The lowest BCUT2D eigenvalue weighted by molar-refractivity contribution is -0.121. The van der Waals surface area contributed by atoms with Gasteiger partial charge < -0.3 is 14.6 Å². The molecule has 0 aliphatic carbocycles. The minimum Gasteiger partial charge on any atom is -0.379 e. The molecular weight excluding hydrogens is 435 g/mol. The maximum absolute atomic E-state index is 12.5. The average Bonchev–Trinajstić information content (AvgIpc) is 3.13. The first kappa shape index (κ1) is 22.1. The van der Waals surface area contributed by atoms with E-state index in [0.717, 1.165) is 55.3 Å². The number of para-hydroxylation sites is 2. The zero-order valence-electron chi connectivity index (χ0n) is 17.3. The van der Waals surface area contributed by atoms with Gasteiger partial charge in [0.2, 0.25) is 5.91 Å². The van der Waals surface area contributed by atoms with E-state index in [0.29, 0.717) is 36.0 Å². The standard InChI is InChI=1S/C23H26Cl2N4O2/c24-18-4-3-5-19(25)17(18)16-22-27-20-6-1-2-7-21(20)29(22)10-8-23(30)26-9-11-28-12-14-31-15-13-28/h1-7H,8-16H2,(H,26,30). The quantitative estimate of drug-likeness (QED) is 0.555. The molecule has 1 saturated heterocycles. The molecule has 8 heteroatoms. The number of morpholine rings is 1. The number of halogens is 2. The monoisotopic (exact) mass is 460 g/mol. The predicted molar refractivity (Wildman–Crippen MR) is 124 cm³/mol. The number of ether oxygens (including phenoxy) is 1. The van der Waals surface area contributed by atoms with Crippen molar-refractivity contribution in [2.45, 2.75) is 19.4 Å². The van der Waals surface area contributed by atoms with E-state index >= 15 is 0 Å². The third kappa shape index (κ3) is 5.57. The molecule has 0 spiro atoms. The Hall–Kier alpha value is -2.12. The first-order chi connectivity index (χ1) is 15.1. The summed E-state index contributed by atoms with van der Waals surface area (Å²) < 4.78 is 7.45. The number of carbonyl (C=O) groups is 1. The average molecular weight is 461 g/mol. The van der Waals surface area contributed by atoms with Crippen molar-refractivity contribution in [2.24, 2.45) is 0 Å². The molecule has 1 fully saturated rings. The summed E-state index contributed by atoms with van der Waals surface area (Å²) in [5, 5.41) is 4.27. The van der Waals surface area contributed by atoms with Crippen LogP contribution in [0.25, 0.3) is 11.0 Å². The molecular formula is C23H26Cl2N4O2. The number of amides is 1. The fraction of sp³-hybridized carbons (Fsp3) is 0.391. The van der Waals surface area contributed by atoms with Crippen molar-refractivity contribution in [3.05, 3.63) is 63.9 Å². The van der Waals surface area contributed by atoms with Crippen LogP contribution in [0.15, 0.2) is 42.5 Å². The van der Waals surface area contributed by atoms with Crippen LogP contribution >= 0.6 is 23.2 Å².